The van der Waals surface area contributed by atoms with Gasteiger partial charge < -0.3 is 10.6 Å². The van der Waals surface area contributed by atoms with E-state index < -0.39 is 11.8 Å². The van der Waals surface area contributed by atoms with Crippen LogP contribution in [0.25, 0.3) is 0 Å². The molecule has 1 aromatic carbocycles. The molecule has 2 N–H and O–H groups in total. The van der Waals surface area contributed by atoms with Crippen molar-refractivity contribution in [3.63, 3.8) is 0 Å². The van der Waals surface area contributed by atoms with Gasteiger partial charge in [0.05, 0.1) is 0 Å². The van der Waals surface area contributed by atoms with Crippen molar-refractivity contribution in [3.8, 4) is 0 Å². The lowest BCUT2D eigenvalue weighted by Gasteiger charge is -2.29. The highest BCUT2D eigenvalue weighted by molar-refractivity contribution is 6.39. The summed E-state index contributed by atoms with van der Waals surface area (Å²) < 4.78 is 0. The zero-order valence-corrected chi connectivity index (χ0v) is 13.7. The molecule has 0 aliphatic heterocycles. The average molecular weight is 302 g/mol. The molecule has 1 saturated carbocycles. The second kappa shape index (κ2) is 7.43. The fourth-order valence-electron chi connectivity index (χ4n) is 3.06. The monoisotopic (exact) mass is 302 g/mol. The van der Waals surface area contributed by atoms with Crippen molar-refractivity contribution in [3.05, 3.63) is 29.8 Å². The molecule has 2 rings (SSSR count). The highest BCUT2D eigenvalue weighted by Gasteiger charge is 2.25. The highest BCUT2D eigenvalue weighted by atomic mass is 16.2. The van der Waals surface area contributed by atoms with E-state index in [0.717, 1.165) is 24.8 Å². The van der Waals surface area contributed by atoms with Crippen LogP contribution in [0.4, 0.5) is 5.69 Å². The third-order valence-electron chi connectivity index (χ3n) is 4.47. The second-order valence-corrected chi connectivity index (χ2v) is 6.54. The molecule has 4 heteroatoms. The van der Waals surface area contributed by atoms with Crippen LogP contribution >= 0.6 is 0 Å². The minimum Gasteiger partial charge on any atom is -0.345 e. The van der Waals surface area contributed by atoms with Crippen molar-refractivity contribution < 1.29 is 9.59 Å². The van der Waals surface area contributed by atoms with Crippen LogP contribution in [0.1, 0.15) is 57.9 Å². The molecule has 22 heavy (non-hydrogen) atoms. The van der Waals surface area contributed by atoms with E-state index in [9.17, 15) is 9.59 Å². The minimum absolute atomic E-state index is 0.118. The molecule has 0 saturated heterocycles. The van der Waals surface area contributed by atoms with Gasteiger partial charge in [0.2, 0.25) is 0 Å². The summed E-state index contributed by atoms with van der Waals surface area (Å²) in [5.74, 6) is -0.380. The lowest BCUT2D eigenvalue weighted by molar-refractivity contribution is -0.137. The van der Waals surface area contributed by atoms with E-state index in [-0.39, 0.29) is 12.0 Å². The summed E-state index contributed by atoms with van der Waals surface area (Å²) in [5, 5.41) is 5.63. The van der Waals surface area contributed by atoms with Crippen LogP contribution in [0.5, 0.6) is 0 Å². The summed E-state index contributed by atoms with van der Waals surface area (Å²) in [5.41, 5.74) is 1.75. The topological polar surface area (TPSA) is 58.2 Å². The molecule has 0 spiro atoms. The van der Waals surface area contributed by atoms with Gasteiger partial charge in [-0.25, -0.2) is 0 Å². The maximum Gasteiger partial charge on any atom is 0.313 e. The minimum atomic E-state index is -0.578. The smallest absolute Gasteiger partial charge is 0.313 e. The number of carbonyl (C=O) groups excluding carboxylic acids is 2. The van der Waals surface area contributed by atoms with Crippen molar-refractivity contribution in [1.29, 1.82) is 0 Å². The molecule has 2 amide bonds. The van der Waals surface area contributed by atoms with Crippen LogP contribution < -0.4 is 10.6 Å². The van der Waals surface area contributed by atoms with Gasteiger partial charge in [0, 0.05) is 11.7 Å². The third-order valence-corrected chi connectivity index (χ3v) is 4.47. The first-order valence-electron chi connectivity index (χ1n) is 8.19. The van der Waals surface area contributed by atoms with Crippen LogP contribution in [0.15, 0.2) is 24.3 Å². The summed E-state index contributed by atoms with van der Waals surface area (Å²) in [6.07, 6.45) is 4.40. The summed E-state index contributed by atoms with van der Waals surface area (Å²) in [6, 6.07) is 7.73. The molecule has 1 aromatic rings. The number of amides is 2. The van der Waals surface area contributed by atoms with Crippen LogP contribution in [0.2, 0.25) is 0 Å². The van der Waals surface area contributed by atoms with Crippen molar-refractivity contribution in [2.45, 2.75) is 58.4 Å². The Labute approximate surface area is 132 Å². The number of hydrogen-bond acceptors (Lipinski definition) is 2. The molecule has 4 nitrogen and oxygen atoms in total. The number of nitrogens with one attached hydrogen (secondary N) is 2. The lowest BCUT2D eigenvalue weighted by Crippen LogP contribution is -2.45. The van der Waals surface area contributed by atoms with E-state index in [2.05, 4.69) is 31.4 Å². The fraction of sp³-hybridized carbons (Fsp3) is 0.556. The largest absolute Gasteiger partial charge is 0.345 e. The lowest BCUT2D eigenvalue weighted by atomic mass is 9.86. The zero-order valence-electron chi connectivity index (χ0n) is 13.7. The predicted molar refractivity (Wildman–Crippen MR) is 88.7 cm³/mol. The molecule has 0 heterocycles. The maximum absolute atomic E-state index is 12.1. The number of anilines is 1. The Morgan fingerprint density at radius 2 is 1.77 bits per heavy atom. The molecule has 0 aromatic heterocycles. The predicted octanol–water partition coefficient (Wildman–Crippen LogP) is 3.44. The third kappa shape index (κ3) is 4.09. The number of carbonyl (C=O) groups is 2. The fourth-order valence-corrected chi connectivity index (χ4v) is 3.06. The van der Waals surface area contributed by atoms with Crippen molar-refractivity contribution in [1.82, 2.24) is 5.32 Å². The Bertz CT molecular complexity index is 540. The van der Waals surface area contributed by atoms with E-state index >= 15 is 0 Å². The average Bonchev–Trinajstić information content (AvgIpc) is 2.49. The molecule has 2 atom stereocenters. The van der Waals surface area contributed by atoms with Gasteiger partial charge in [-0.3, -0.25) is 9.59 Å². The van der Waals surface area contributed by atoms with E-state index in [4.69, 9.17) is 0 Å². The number of para-hydroxylation sites is 1. The Kier molecular flexibility index (Phi) is 5.58. The SMILES string of the molecule is CC(C)c1ccccc1NC(=O)C(=O)N[C@@H]1CCCC[C@@H]1C. The molecule has 1 aliphatic carbocycles. The Morgan fingerprint density at radius 3 is 2.45 bits per heavy atom. The maximum atomic E-state index is 12.1. The molecular formula is C18H26N2O2. The molecule has 1 fully saturated rings. The summed E-state index contributed by atoms with van der Waals surface area (Å²) in [4.78, 5) is 24.3. The van der Waals surface area contributed by atoms with E-state index in [1.54, 1.807) is 0 Å². The molecule has 120 valence electrons. The second-order valence-electron chi connectivity index (χ2n) is 6.54. The van der Waals surface area contributed by atoms with Gasteiger partial charge >= 0.3 is 11.8 Å². The van der Waals surface area contributed by atoms with E-state index in [1.165, 1.54) is 6.42 Å². The van der Waals surface area contributed by atoms with Gasteiger partial charge in [0.15, 0.2) is 0 Å². The summed E-state index contributed by atoms with van der Waals surface area (Å²) >= 11 is 0. The van der Waals surface area contributed by atoms with Gasteiger partial charge in [-0.1, -0.05) is 51.8 Å². The van der Waals surface area contributed by atoms with Gasteiger partial charge in [-0.2, -0.15) is 0 Å². The van der Waals surface area contributed by atoms with Gasteiger partial charge in [0.25, 0.3) is 0 Å². The molecule has 0 unspecified atom stereocenters. The van der Waals surface area contributed by atoms with Gasteiger partial charge in [-0.15, -0.1) is 0 Å². The molecule has 1 aliphatic rings. The van der Waals surface area contributed by atoms with Crippen molar-refractivity contribution in [2.24, 2.45) is 5.92 Å². The van der Waals surface area contributed by atoms with Crippen molar-refractivity contribution >= 4 is 17.5 Å². The normalized spacial score (nSPS) is 21.5. The quantitative estimate of drug-likeness (QED) is 0.840. The van der Waals surface area contributed by atoms with Crippen LogP contribution in [-0.4, -0.2) is 17.9 Å². The van der Waals surface area contributed by atoms with Crippen LogP contribution in [-0.2, 0) is 9.59 Å². The van der Waals surface area contributed by atoms with Crippen LogP contribution in [0.3, 0.4) is 0 Å². The Balaban J connectivity index is 1.98. The summed E-state index contributed by atoms with van der Waals surface area (Å²) in [6.45, 7) is 6.26. The van der Waals surface area contributed by atoms with E-state index in [1.807, 2.05) is 24.3 Å². The molecular weight excluding hydrogens is 276 g/mol. The zero-order chi connectivity index (χ0) is 16.1. The first-order chi connectivity index (χ1) is 10.5. The number of benzene rings is 1. The van der Waals surface area contributed by atoms with Crippen LogP contribution in [0, 0.1) is 5.92 Å². The van der Waals surface area contributed by atoms with Gasteiger partial charge in [0.1, 0.15) is 0 Å². The Morgan fingerprint density at radius 1 is 1.09 bits per heavy atom. The van der Waals surface area contributed by atoms with Gasteiger partial charge in [-0.05, 0) is 36.3 Å². The Hall–Kier alpha value is -1.84. The van der Waals surface area contributed by atoms with Crippen molar-refractivity contribution in [2.75, 3.05) is 5.32 Å². The number of hydrogen-bond donors (Lipinski definition) is 2. The first kappa shape index (κ1) is 16.5. The standard InChI is InChI=1S/C18H26N2O2/c1-12(2)14-9-5-7-11-16(14)20-18(22)17(21)19-15-10-6-4-8-13(15)3/h5,7,9,11-13,15H,4,6,8,10H2,1-3H3,(H,19,21)(H,20,22)/t13-,15+/m0/s1. The summed E-state index contributed by atoms with van der Waals surface area (Å²) in [7, 11) is 0. The molecule has 0 radical (unpaired) electrons. The number of rotatable bonds is 3. The first-order valence-corrected chi connectivity index (χ1v) is 8.19. The highest BCUT2D eigenvalue weighted by Crippen LogP contribution is 2.25. The van der Waals surface area contributed by atoms with E-state index in [0.29, 0.717) is 11.6 Å². The molecule has 0 bridgehead atoms.